The maximum Gasteiger partial charge on any atom is 0.411 e. The molecule has 6 nitrogen and oxygen atoms in total. The molecule has 138 valence electrons. The Bertz CT molecular complexity index is 611. The molecule has 0 aliphatic carbocycles. The van der Waals surface area contributed by atoms with Crippen molar-refractivity contribution in [2.45, 2.75) is 51.5 Å². The molecule has 0 N–H and O–H groups in total. The molecule has 0 spiro atoms. The molecule has 1 aliphatic rings. The standard InChI is InChI=1S/C18H24ClNO5/c1-18(2,3)25-17(22)20-10-14(9-15(20)16(21)23-4)24-11-12-5-7-13(19)8-6-12/h5-8,14-15H,9-11H2,1-4H3. The van der Waals surface area contributed by atoms with Crippen LogP contribution in [0.3, 0.4) is 0 Å². The first-order chi connectivity index (χ1) is 11.7. The van der Waals surface area contributed by atoms with Crippen LogP contribution >= 0.6 is 11.6 Å². The number of likely N-dealkylation sites (tertiary alicyclic amines) is 1. The van der Waals surface area contributed by atoms with Crippen LogP contribution in [0, 0.1) is 0 Å². The summed E-state index contributed by atoms with van der Waals surface area (Å²) in [7, 11) is 1.30. The van der Waals surface area contributed by atoms with Crippen LogP contribution in [-0.4, -0.2) is 48.4 Å². The molecule has 1 aromatic rings. The minimum absolute atomic E-state index is 0.271. The van der Waals surface area contributed by atoms with Crippen LogP contribution in [0.25, 0.3) is 0 Å². The van der Waals surface area contributed by atoms with Crippen LogP contribution in [0.1, 0.15) is 32.8 Å². The first-order valence-electron chi connectivity index (χ1n) is 8.13. The fourth-order valence-corrected chi connectivity index (χ4v) is 2.72. The zero-order chi connectivity index (χ0) is 18.6. The molecule has 25 heavy (non-hydrogen) atoms. The lowest BCUT2D eigenvalue weighted by atomic mass is 10.2. The Labute approximate surface area is 153 Å². The lowest BCUT2D eigenvalue weighted by molar-refractivity contribution is -0.145. The van der Waals surface area contributed by atoms with Crippen molar-refractivity contribution in [1.29, 1.82) is 0 Å². The highest BCUT2D eigenvalue weighted by Crippen LogP contribution is 2.25. The normalized spacial score (nSPS) is 20.4. The van der Waals surface area contributed by atoms with Gasteiger partial charge in [-0.1, -0.05) is 23.7 Å². The Morgan fingerprint density at radius 2 is 1.88 bits per heavy atom. The maximum atomic E-state index is 12.4. The van der Waals surface area contributed by atoms with Crippen molar-refractivity contribution < 1.29 is 23.8 Å². The average Bonchev–Trinajstić information content (AvgIpc) is 2.96. The molecule has 0 radical (unpaired) electrons. The van der Waals surface area contributed by atoms with E-state index in [1.165, 1.54) is 12.0 Å². The Morgan fingerprint density at radius 1 is 1.24 bits per heavy atom. The van der Waals surface area contributed by atoms with Crippen LogP contribution in [0.4, 0.5) is 4.79 Å². The summed E-state index contributed by atoms with van der Waals surface area (Å²) < 4.78 is 16.1. The van der Waals surface area contributed by atoms with Gasteiger partial charge in [-0.05, 0) is 38.5 Å². The molecule has 1 heterocycles. The minimum atomic E-state index is -0.699. The number of carbonyl (C=O) groups is 2. The van der Waals surface area contributed by atoms with Gasteiger partial charge in [0.1, 0.15) is 11.6 Å². The number of nitrogens with zero attached hydrogens (tertiary/aromatic N) is 1. The first kappa shape index (κ1) is 19.5. The molecule has 0 aromatic heterocycles. The molecule has 7 heteroatoms. The van der Waals surface area contributed by atoms with Crippen molar-refractivity contribution in [3.63, 3.8) is 0 Å². The van der Waals surface area contributed by atoms with Crippen LogP contribution in [0.5, 0.6) is 0 Å². The van der Waals surface area contributed by atoms with Gasteiger partial charge in [-0.2, -0.15) is 0 Å². The van der Waals surface area contributed by atoms with Gasteiger partial charge in [-0.3, -0.25) is 4.90 Å². The number of methoxy groups -OCH3 is 1. The third-order valence-electron chi connectivity index (χ3n) is 3.76. The van der Waals surface area contributed by atoms with Crippen molar-refractivity contribution in [1.82, 2.24) is 4.90 Å². The molecule has 0 saturated carbocycles. The van der Waals surface area contributed by atoms with E-state index < -0.39 is 23.7 Å². The second-order valence-corrected chi connectivity index (χ2v) is 7.40. The second kappa shape index (κ2) is 8.06. The summed E-state index contributed by atoms with van der Waals surface area (Å²) in [5.41, 5.74) is 0.328. The van der Waals surface area contributed by atoms with E-state index in [-0.39, 0.29) is 12.6 Å². The van der Waals surface area contributed by atoms with E-state index in [4.69, 9.17) is 25.8 Å². The number of hydrogen-bond acceptors (Lipinski definition) is 5. The van der Waals surface area contributed by atoms with Crippen molar-refractivity contribution in [3.8, 4) is 0 Å². The third-order valence-corrected chi connectivity index (χ3v) is 4.01. The van der Waals surface area contributed by atoms with Crippen LogP contribution in [0.15, 0.2) is 24.3 Å². The number of halogens is 1. The Hall–Kier alpha value is -1.79. The van der Waals surface area contributed by atoms with E-state index >= 15 is 0 Å². The zero-order valence-corrected chi connectivity index (χ0v) is 15.7. The lowest BCUT2D eigenvalue weighted by Crippen LogP contribution is -2.44. The van der Waals surface area contributed by atoms with Gasteiger partial charge in [-0.25, -0.2) is 9.59 Å². The molecule has 1 fully saturated rings. The molecule has 0 bridgehead atoms. The van der Waals surface area contributed by atoms with Crippen LogP contribution in [-0.2, 0) is 25.6 Å². The van der Waals surface area contributed by atoms with Gasteiger partial charge in [0, 0.05) is 11.4 Å². The minimum Gasteiger partial charge on any atom is -0.467 e. The summed E-state index contributed by atoms with van der Waals surface area (Å²) in [5, 5.41) is 0.659. The van der Waals surface area contributed by atoms with Gasteiger partial charge < -0.3 is 14.2 Å². The first-order valence-corrected chi connectivity index (χ1v) is 8.51. The van der Waals surface area contributed by atoms with Gasteiger partial charge in [0.05, 0.1) is 26.4 Å². The summed E-state index contributed by atoms with van der Waals surface area (Å²) in [5.74, 6) is -0.469. The lowest BCUT2D eigenvalue weighted by Gasteiger charge is -2.27. The molecular weight excluding hydrogens is 346 g/mol. The van der Waals surface area contributed by atoms with Crippen LogP contribution in [0.2, 0.25) is 5.02 Å². The largest absolute Gasteiger partial charge is 0.467 e. The summed E-state index contributed by atoms with van der Waals surface area (Å²) in [4.78, 5) is 25.8. The summed E-state index contributed by atoms with van der Waals surface area (Å²) in [6.45, 7) is 5.99. The highest BCUT2D eigenvalue weighted by Gasteiger charge is 2.42. The molecule has 1 aromatic carbocycles. The van der Waals surface area contributed by atoms with E-state index in [0.29, 0.717) is 18.1 Å². The molecule has 2 atom stereocenters. The fourth-order valence-electron chi connectivity index (χ4n) is 2.59. The number of hydrogen-bond donors (Lipinski definition) is 0. The predicted octanol–water partition coefficient (Wildman–Crippen LogP) is 3.41. The van der Waals surface area contributed by atoms with E-state index in [9.17, 15) is 9.59 Å². The fraction of sp³-hybridized carbons (Fsp3) is 0.556. The Kier molecular flexibility index (Phi) is 6.30. The molecule has 1 saturated heterocycles. The van der Waals surface area contributed by atoms with Gasteiger partial charge in [0.2, 0.25) is 0 Å². The Morgan fingerprint density at radius 3 is 2.44 bits per heavy atom. The van der Waals surface area contributed by atoms with E-state index in [2.05, 4.69) is 0 Å². The van der Waals surface area contributed by atoms with Crippen molar-refractivity contribution in [3.05, 3.63) is 34.9 Å². The monoisotopic (exact) mass is 369 g/mol. The number of carbonyl (C=O) groups excluding carboxylic acids is 2. The van der Waals surface area contributed by atoms with E-state index in [0.717, 1.165) is 5.56 Å². The van der Waals surface area contributed by atoms with Gasteiger partial charge in [0.25, 0.3) is 0 Å². The molecule has 1 aliphatic heterocycles. The van der Waals surface area contributed by atoms with Crippen molar-refractivity contribution in [2.24, 2.45) is 0 Å². The molecule has 2 unspecified atom stereocenters. The topological polar surface area (TPSA) is 65.1 Å². The average molecular weight is 370 g/mol. The maximum absolute atomic E-state index is 12.4. The van der Waals surface area contributed by atoms with E-state index in [1.54, 1.807) is 32.9 Å². The highest BCUT2D eigenvalue weighted by atomic mass is 35.5. The van der Waals surface area contributed by atoms with Gasteiger partial charge in [0.15, 0.2) is 0 Å². The van der Waals surface area contributed by atoms with Gasteiger partial charge >= 0.3 is 12.1 Å². The highest BCUT2D eigenvalue weighted by molar-refractivity contribution is 6.30. The molecule has 2 rings (SSSR count). The molecular formula is C18H24ClNO5. The molecule has 1 amide bonds. The smallest absolute Gasteiger partial charge is 0.411 e. The number of benzene rings is 1. The van der Waals surface area contributed by atoms with E-state index in [1.807, 2.05) is 12.1 Å². The zero-order valence-electron chi connectivity index (χ0n) is 15.0. The number of ether oxygens (including phenoxy) is 3. The number of amides is 1. The summed E-state index contributed by atoms with van der Waals surface area (Å²) in [6.07, 6.45) is -0.438. The summed E-state index contributed by atoms with van der Waals surface area (Å²) >= 11 is 5.87. The second-order valence-electron chi connectivity index (χ2n) is 6.97. The number of esters is 1. The summed E-state index contributed by atoms with van der Waals surface area (Å²) in [6, 6.07) is 6.63. The third kappa shape index (κ3) is 5.61. The van der Waals surface area contributed by atoms with Crippen LogP contribution < -0.4 is 0 Å². The van der Waals surface area contributed by atoms with Crippen molar-refractivity contribution >= 4 is 23.7 Å². The number of rotatable bonds is 4. The predicted molar refractivity (Wildman–Crippen MR) is 93.4 cm³/mol. The van der Waals surface area contributed by atoms with Crippen molar-refractivity contribution in [2.75, 3.05) is 13.7 Å². The quantitative estimate of drug-likeness (QED) is 0.761. The Balaban J connectivity index is 2.00. The van der Waals surface area contributed by atoms with Gasteiger partial charge in [-0.15, -0.1) is 0 Å². The SMILES string of the molecule is COC(=O)C1CC(OCc2ccc(Cl)cc2)CN1C(=O)OC(C)(C)C.